The van der Waals surface area contributed by atoms with Crippen molar-refractivity contribution in [2.24, 2.45) is 0 Å². The van der Waals surface area contributed by atoms with E-state index >= 15 is 0 Å². The Kier molecular flexibility index (Phi) is 4.23. The van der Waals surface area contributed by atoms with E-state index in [0.717, 1.165) is 16.7 Å². The summed E-state index contributed by atoms with van der Waals surface area (Å²) in [4.78, 5) is 0.113. The third-order valence-corrected chi connectivity index (χ3v) is 4.64. The minimum Gasteiger partial charge on any atom is -0.496 e. The Morgan fingerprint density at radius 2 is 1.62 bits per heavy atom. The van der Waals surface area contributed by atoms with Gasteiger partial charge in [0.05, 0.1) is 7.11 Å². The molecule has 0 aliphatic heterocycles. The van der Waals surface area contributed by atoms with Gasteiger partial charge in [0.25, 0.3) is 0 Å². The first kappa shape index (κ1) is 15.4. The van der Waals surface area contributed by atoms with Crippen molar-refractivity contribution in [2.45, 2.75) is 25.7 Å². The zero-order valence-corrected chi connectivity index (χ0v) is 13.3. The van der Waals surface area contributed by atoms with Gasteiger partial charge in [-0.25, -0.2) is 0 Å². The molecule has 0 fully saturated rings. The Morgan fingerprint density at radius 3 is 2.24 bits per heavy atom. The van der Waals surface area contributed by atoms with Crippen LogP contribution in [-0.4, -0.2) is 15.5 Å². The molecule has 0 aliphatic rings. The largest absolute Gasteiger partial charge is 0.496 e. The third-order valence-electron chi connectivity index (χ3n) is 3.41. The van der Waals surface area contributed by atoms with Gasteiger partial charge in [0.15, 0.2) is 0 Å². The molecule has 0 atom stereocenters. The average Bonchev–Trinajstić information content (AvgIpc) is 2.43. The normalized spacial score (nSPS) is 11.2. The van der Waals surface area contributed by atoms with Crippen LogP contribution < -0.4 is 8.92 Å². The Balaban J connectivity index is 2.39. The number of hydrogen-bond donors (Lipinski definition) is 0. The second kappa shape index (κ2) is 5.77. The standard InChI is InChI=1S/C16H18O4S/c1-11-6-5-7-16(13(11)3)20-21(17,18)14-8-9-15(19-4)12(2)10-14/h5-10H,1-4H3. The Hall–Kier alpha value is -2.01. The molecule has 0 aliphatic carbocycles. The molecule has 0 saturated carbocycles. The minimum atomic E-state index is -3.86. The summed E-state index contributed by atoms with van der Waals surface area (Å²) in [6.45, 7) is 5.53. The van der Waals surface area contributed by atoms with Crippen molar-refractivity contribution < 1.29 is 17.3 Å². The highest BCUT2D eigenvalue weighted by molar-refractivity contribution is 7.87. The monoisotopic (exact) mass is 306 g/mol. The molecular weight excluding hydrogens is 288 g/mol. The van der Waals surface area contributed by atoms with Crippen LogP contribution in [0.15, 0.2) is 41.3 Å². The summed E-state index contributed by atoms with van der Waals surface area (Å²) in [5.74, 6) is 0.990. The van der Waals surface area contributed by atoms with Gasteiger partial charge in [0.2, 0.25) is 0 Å². The lowest BCUT2D eigenvalue weighted by Gasteiger charge is -2.12. The van der Waals surface area contributed by atoms with Crippen LogP contribution >= 0.6 is 0 Å². The molecule has 0 heterocycles. The quantitative estimate of drug-likeness (QED) is 0.813. The Labute approximate surface area is 125 Å². The highest BCUT2D eigenvalue weighted by Crippen LogP contribution is 2.27. The van der Waals surface area contributed by atoms with Crippen LogP contribution in [0.4, 0.5) is 0 Å². The maximum absolute atomic E-state index is 12.4. The first-order valence-corrected chi connectivity index (χ1v) is 7.91. The molecular formula is C16H18O4S. The average molecular weight is 306 g/mol. The lowest BCUT2D eigenvalue weighted by Crippen LogP contribution is -2.11. The molecule has 0 bridgehead atoms. The predicted octanol–water partition coefficient (Wildman–Crippen LogP) is 3.39. The SMILES string of the molecule is COc1ccc(S(=O)(=O)Oc2cccc(C)c2C)cc1C. The van der Waals surface area contributed by atoms with Crippen LogP contribution in [0.2, 0.25) is 0 Å². The first-order valence-electron chi connectivity index (χ1n) is 6.50. The maximum Gasteiger partial charge on any atom is 0.339 e. The van der Waals surface area contributed by atoms with Crippen LogP contribution in [0.5, 0.6) is 11.5 Å². The highest BCUT2D eigenvalue weighted by Gasteiger charge is 2.19. The molecule has 0 N–H and O–H groups in total. The fraction of sp³-hybridized carbons (Fsp3) is 0.250. The number of methoxy groups -OCH3 is 1. The highest BCUT2D eigenvalue weighted by atomic mass is 32.2. The van der Waals surface area contributed by atoms with Crippen molar-refractivity contribution >= 4 is 10.1 Å². The molecule has 2 rings (SSSR count). The van der Waals surface area contributed by atoms with Crippen LogP contribution in [-0.2, 0) is 10.1 Å². The van der Waals surface area contributed by atoms with E-state index < -0.39 is 10.1 Å². The van der Waals surface area contributed by atoms with E-state index in [9.17, 15) is 8.42 Å². The summed E-state index contributed by atoms with van der Waals surface area (Å²) in [7, 11) is -2.31. The number of rotatable bonds is 4. The summed E-state index contributed by atoms with van der Waals surface area (Å²) in [5.41, 5.74) is 2.53. The van der Waals surface area contributed by atoms with E-state index in [2.05, 4.69) is 0 Å². The van der Waals surface area contributed by atoms with Gasteiger partial charge in [-0.15, -0.1) is 0 Å². The van der Waals surface area contributed by atoms with E-state index in [1.165, 1.54) is 6.07 Å². The molecule has 2 aromatic rings. The van der Waals surface area contributed by atoms with Crippen molar-refractivity contribution in [3.63, 3.8) is 0 Å². The molecule has 112 valence electrons. The predicted molar refractivity (Wildman–Crippen MR) is 81.5 cm³/mol. The van der Waals surface area contributed by atoms with E-state index in [0.29, 0.717) is 11.5 Å². The van der Waals surface area contributed by atoms with E-state index in [1.54, 1.807) is 38.3 Å². The van der Waals surface area contributed by atoms with E-state index in [4.69, 9.17) is 8.92 Å². The molecule has 0 spiro atoms. The van der Waals surface area contributed by atoms with Crippen molar-refractivity contribution in [3.05, 3.63) is 53.1 Å². The minimum absolute atomic E-state index is 0.113. The molecule has 0 radical (unpaired) electrons. The molecule has 0 aromatic heterocycles. The topological polar surface area (TPSA) is 52.6 Å². The van der Waals surface area contributed by atoms with Crippen molar-refractivity contribution in [3.8, 4) is 11.5 Å². The van der Waals surface area contributed by atoms with Crippen LogP contribution in [0.3, 0.4) is 0 Å². The molecule has 2 aromatic carbocycles. The zero-order valence-electron chi connectivity index (χ0n) is 12.5. The van der Waals surface area contributed by atoms with Gasteiger partial charge in [0.1, 0.15) is 16.4 Å². The Morgan fingerprint density at radius 1 is 0.905 bits per heavy atom. The fourth-order valence-corrected chi connectivity index (χ4v) is 3.06. The molecule has 0 amide bonds. The molecule has 0 unspecified atom stereocenters. The van der Waals surface area contributed by atoms with E-state index in [1.807, 2.05) is 19.9 Å². The smallest absolute Gasteiger partial charge is 0.339 e. The van der Waals surface area contributed by atoms with Crippen molar-refractivity contribution in [1.82, 2.24) is 0 Å². The molecule has 21 heavy (non-hydrogen) atoms. The summed E-state index contributed by atoms with van der Waals surface area (Å²) in [6, 6.07) is 9.97. The van der Waals surface area contributed by atoms with E-state index in [-0.39, 0.29) is 4.90 Å². The summed E-state index contributed by atoms with van der Waals surface area (Å²) < 4.78 is 35.1. The van der Waals surface area contributed by atoms with Crippen molar-refractivity contribution in [1.29, 1.82) is 0 Å². The lowest BCUT2D eigenvalue weighted by atomic mass is 10.1. The van der Waals surface area contributed by atoms with Gasteiger partial charge in [-0.1, -0.05) is 12.1 Å². The maximum atomic E-state index is 12.4. The number of ether oxygens (including phenoxy) is 1. The summed E-state index contributed by atoms with van der Waals surface area (Å²) in [6.07, 6.45) is 0. The van der Waals surface area contributed by atoms with Gasteiger partial charge in [-0.2, -0.15) is 8.42 Å². The van der Waals surface area contributed by atoms with Gasteiger partial charge < -0.3 is 8.92 Å². The van der Waals surface area contributed by atoms with Crippen LogP contribution in [0.25, 0.3) is 0 Å². The third kappa shape index (κ3) is 3.19. The summed E-state index contributed by atoms with van der Waals surface area (Å²) in [5, 5.41) is 0. The van der Waals surface area contributed by atoms with Gasteiger partial charge in [-0.05, 0) is 61.7 Å². The van der Waals surface area contributed by atoms with Crippen molar-refractivity contribution in [2.75, 3.05) is 7.11 Å². The second-order valence-electron chi connectivity index (χ2n) is 4.87. The molecule has 0 saturated heterocycles. The summed E-state index contributed by atoms with van der Waals surface area (Å²) >= 11 is 0. The van der Waals surface area contributed by atoms with Gasteiger partial charge in [0, 0.05) is 0 Å². The number of hydrogen-bond acceptors (Lipinski definition) is 4. The second-order valence-corrected chi connectivity index (χ2v) is 6.41. The number of aryl methyl sites for hydroxylation is 2. The lowest BCUT2D eigenvalue weighted by molar-refractivity contribution is 0.411. The fourth-order valence-electron chi connectivity index (χ4n) is 1.99. The number of benzene rings is 2. The molecule has 5 heteroatoms. The first-order chi connectivity index (χ1) is 9.85. The van der Waals surface area contributed by atoms with Crippen LogP contribution in [0, 0.1) is 20.8 Å². The van der Waals surface area contributed by atoms with Gasteiger partial charge in [-0.3, -0.25) is 0 Å². The van der Waals surface area contributed by atoms with Crippen LogP contribution in [0.1, 0.15) is 16.7 Å². The molecule has 4 nitrogen and oxygen atoms in total. The van der Waals surface area contributed by atoms with Gasteiger partial charge >= 0.3 is 10.1 Å². The Bertz CT molecular complexity index is 764. The zero-order chi connectivity index (χ0) is 15.6.